The maximum absolute atomic E-state index is 12.6. The van der Waals surface area contributed by atoms with Gasteiger partial charge in [0.25, 0.3) is 11.1 Å². The fourth-order valence-electron chi connectivity index (χ4n) is 3.31. The van der Waals surface area contributed by atoms with E-state index in [9.17, 15) is 28.8 Å². The summed E-state index contributed by atoms with van der Waals surface area (Å²) in [7, 11) is 0. The third-order valence-corrected chi connectivity index (χ3v) is 5.03. The van der Waals surface area contributed by atoms with E-state index in [1.54, 1.807) is 13.8 Å². The average Bonchev–Trinajstić information content (AvgIpc) is 2.72. The van der Waals surface area contributed by atoms with E-state index in [2.05, 4.69) is 0 Å². The molecule has 0 fully saturated rings. The highest BCUT2D eigenvalue weighted by molar-refractivity contribution is 5.73. The summed E-state index contributed by atoms with van der Waals surface area (Å²) in [4.78, 5) is 71.9. The largest absolute Gasteiger partial charge is 0.412 e. The Morgan fingerprint density at radius 2 is 1.00 bits per heavy atom. The van der Waals surface area contributed by atoms with E-state index in [-0.39, 0.29) is 50.0 Å². The SMILES string of the molecule is Cc1cn(CCC(N)=O)c(=O)n(CCCCn2c(=O)c(C)cn(CCC(N)=O)c2=O)c1=O.O.O. The molecule has 14 heteroatoms. The van der Waals surface area contributed by atoms with Crippen LogP contribution >= 0.6 is 0 Å². The summed E-state index contributed by atoms with van der Waals surface area (Å²) in [5.74, 6) is -1.12. The molecule has 34 heavy (non-hydrogen) atoms. The number of aromatic nitrogens is 4. The van der Waals surface area contributed by atoms with Gasteiger partial charge < -0.3 is 22.4 Å². The van der Waals surface area contributed by atoms with E-state index in [0.717, 1.165) is 9.13 Å². The van der Waals surface area contributed by atoms with Gasteiger partial charge in [-0.25, -0.2) is 9.59 Å². The van der Waals surface area contributed by atoms with Crippen LogP contribution in [0.15, 0.2) is 31.6 Å². The molecule has 0 spiro atoms. The monoisotopic (exact) mass is 484 g/mol. The molecule has 190 valence electrons. The van der Waals surface area contributed by atoms with Gasteiger partial charge in [-0.3, -0.25) is 37.4 Å². The number of rotatable bonds is 11. The summed E-state index contributed by atoms with van der Waals surface area (Å²) in [6.07, 6.45) is 3.44. The number of aryl methyl sites for hydroxylation is 4. The van der Waals surface area contributed by atoms with Crippen molar-refractivity contribution in [1.82, 2.24) is 18.3 Å². The maximum atomic E-state index is 12.6. The first kappa shape index (κ1) is 30.2. The molecule has 2 rings (SSSR count). The highest BCUT2D eigenvalue weighted by Gasteiger charge is 2.12. The quantitative estimate of drug-likeness (QED) is 0.307. The normalized spacial score (nSPS) is 10.3. The lowest BCUT2D eigenvalue weighted by atomic mass is 10.2. The van der Waals surface area contributed by atoms with Crippen molar-refractivity contribution in [2.24, 2.45) is 11.5 Å². The number of nitrogens with zero attached hydrogens (tertiary/aromatic N) is 4. The first-order valence-electron chi connectivity index (χ1n) is 10.2. The smallest absolute Gasteiger partial charge is 0.330 e. The van der Waals surface area contributed by atoms with E-state index in [1.807, 2.05) is 0 Å². The fraction of sp³-hybridized carbons (Fsp3) is 0.500. The molecule has 14 nitrogen and oxygen atoms in total. The second-order valence-electron chi connectivity index (χ2n) is 7.63. The second kappa shape index (κ2) is 13.1. The van der Waals surface area contributed by atoms with Gasteiger partial charge in [0.05, 0.1) is 0 Å². The molecule has 0 unspecified atom stereocenters. The van der Waals surface area contributed by atoms with Gasteiger partial charge in [0.1, 0.15) is 0 Å². The zero-order valence-corrected chi connectivity index (χ0v) is 19.2. The number of hydrogen-bond donors (Lipinski definition) is 2. The van der Waals surface area contributed by atoms with Crippen LogP contribution in [0.5, 0.6) is 0 Å². The van der Waals surface area contributed by atoms with Crippen molar-refractivity contribution in [2.75, 3.05) is 0 Å². The van der Waals surface area contributed by atoms with Crippen molar-refractivity contribution in [2.45, 2.75) is 65.7 Å². The van der Waals surface area contributed by atoms with Crippen molar-refractivity contribution in [1.29, 1.82) is 0 Å². The standard InChI is InChI=1S/C20H28N6O6.2H2O/c1-13-11-23(9-5-15(21)27)19(31)25(17(13)29)7-3-4-8-26-18(30)14(2)12-24(20(26)32)10-6-16(22)28;;/h11-12H,3-10H2,1-2H3,(H2,21,27)(H2,22,28);2*1H2. The highest BCUT2D eigenvalue weighted by Crippen LogP contribution is 1.97. The van der Waals surface area contributed by atoms with Gasteiger partial charge in [-0.1, -0.05) is 0 Å². The molecule has 0 saturated carbocycles. The van der Waals surface area contributed by atoms with Crippen LogP contribution in [0, 0.1) is 13.8 Å². The number of hydrogen-bond acceptors (Lipinski definition) is 6. The molecule has 0 atom stereocenters. The van der Waals surface area contributed by atoms with Crippen LogP contribution in [-0.4, -0.2) is 41.0 Å². The molecule has 2 heterocycles. The Morgan fingerprint density at radius 1 is 0.676 bits per heavy atom. The summed E-state index contributed by atoms with van der Waals surface area (Å²) in [6.45, 7) is 3.45. The number of primary amides is 2. The van der Waals surface area contributed by atoms with Crippen LogP contribution in [0.3, 0.4) is 0 Å². The molecule has 2 amide bonds. The minimum absolute atomic E-state index is 0. The molecule has 0 aliphatic carbocycles. The Kier molecular flexibility index (Phi) is 11.6. The number of amides is 2. The first-order valence-corrected chi connectivity index (χ1v) is 10.2. The van der Waals surface area contributed by atoms with E-state index >= 15 is 0 Å². The van der Waals surface area contributed by atoms with Crippen molar-refractivity contribution in [3.05, 3.63) is 65.2 Å². The van der Waals surface area contributed by atoms with Gasteiger partial charge in [-0.2, -0.15) is 0 Å². The lowest BCUT2D eigenvalue weighted by Crippen LogP contribution is -2.42. The van der Waals surface area contributed by atoms with Gasteiger partial charge in [0, 0.05) is 62.5 Å². The number of carbonyl (C=O) groups is 2. The number of carbonyl (C=O) groups excluding carboxylic acids is 2. The van der Waals surface area contributed by atoms with Crippen LogP contribution in [0.25, 0.3) is 0 Å². The second-order valence-corrected chi connectivity index (χ2v) is 7.63. The predicted octanol–water partition coefficient (Wildman–Crippen LogP) is -3.47. The molecule has 0 aromatic carbocycles. The first-order chi connectivity index (χ1) is 15.0. The lowest BCUT2D eigenvalue weighted by Gasteiger charge is -2.13. The predicted molar refractivity (Wildman–Crippen MR) is 123 cm³/mol. The van der Waals surface area contributed by atoms with Gasteiger partial charge in [-0.15, -0.1) is 0 Å². The summed E-state index contributed by atoms with van der Waals surface area (Å²) >= 11 is 0. The molecule has 0 bridgehead atoms. The minimum Gasteiger partial charge on any atom is -0.412 e. The molecule has 0 saturated heterocycles. The Balaban J connectivity index is 0.00000544. The van der Waals surface area contributed by atoms with Gasteiger partial charge in [-0.05, 0) is 26.7 Å². The van der Waals surface area contributed by atoms with Crippen LogP contribution in [0.4, 0.5) is 0 Å². The number of unbranched alkanes of at least 4 members (excludes halogenated alkanes) is 1. The van der Waals surface area contributed by atoms with Crippen molar-refractivity contribution in [3.63, 3.8) is 0 Å². The van der Waals surface area contributed by atoms with Crippen molar-refractivity contribution in [3.8, 4) is 0 Å². The summed E-state index contributed by atoms with van der Waals surface area (Å²) < 4.78 is 4.68. The molecule has 0 aliphatic heterocycles. The fourth-order valence-corrected chi connectivity index (χ4v) is 3.31. The van der Waals surface area contributed by atoms with Gasteiger partial charge in [0.2, 0.25) is 11.8 Å². The Labute approximate surface area is 193 Å². The van der Waals surface area contributed by atoms with Crippen LogP contribution in [0.1, 0.15) is 36.8 Å². The Morgan fingerprint density at radius 3 is 1.29 bits per heavy atom. The topological polar surface area (TPSA) is 237 Å². The molecular weight excluding hydrogens is 452 g/mol. The van der Waals surface area contributed by atoms with Crippen molar-refractivity contribution < 1.29 is 20.5 Å². The number of nitrogens with two attached hydrogens (primary N) is 2. The molecule has 8 N–H and O–H groups in total. The summed E-state index contributed by atoms with van der Waals surface area (Å²) in [5.41, 5.74) is 8.97. The maximum Gasteiger partial charge on any atom is 0.330 e. The zero-order chi connectivity index (χ0) is 24.0. The van der Waals surface area contributed by atoms with Crippen molar-refractivity contribution >= 4 is 11.8 Å². The lowest BCUT2D eigenvalue weighted by molar-refractivity contribution is -0.119. The Hall–Kier alpha value is -3.78. The zero-order valence-electron chi connectivity index (χ0n) is 19.2. The van der Waals surface area contributed by atoms with Crippen LogP contribution in [-0.2, 0) is 35.8 Å². The van der Waals surface area contributed by atoms with E-state index in [1.165, 1.54) is 21.5 Å². The third kappa shape index (κ3) is 7.38. The van der Waals surface area contributed by atoms with E-state index in [0.29, 0.717) is 24.0 Å². The average molecular weight is 485 g/mol. The molecule has 2 aromatic rings. The van der Waals surface area contributed by atoms with E-state index in [4.69, 9.17) is 11.5 Å². The Bertz CT molecular complexity index is 1160. The van der Waals surface area contributed by atoms with Gasteiger partial charge in [0.15, 0.2) is 0 Å². The molecular formula is C20H32N6O8. The van der Waals surface area contributed by atoms with Gasteiger partial charge >= 0.3 is 11.4 Å². The molecule has 0 aliphatic rings. The third-order valence-electron chi connectivity index (χ3n) is 5.03. The van der Waals surface area contributed by atoms with Crippen LogP contribution < -0.4 is 34.0 Å². The molecule has 0 radical (unpaired) electrons. The minimum atomic E-state index is -0.558. The van der Waals surface area contributed by atoms with E-state index < -0.39 is 34.3 Å². The summed E-state index contributed by atoms with van der Waals surface area (Å²) in [5, 5.41) is 0. The van der Waals surface area contributed by atoms with Crippen LogP contribution in [0.2, 0.25) is 0 Å². The highest BCUT2D eigenvalue weighted by atomic mass is 16.2. The summed E-state index contributed by atoms with van der Waals surface area (Å²) in [6, 6.07) is 0. The molecule has 2 aromatic heterocycles.